The van der Waals surface area contributed by atoms with Crippen LogP contribution >= 0.6 is 0 Å². The molecule has 2 saturated heterocycles. The first-order valence-electron chi connectivity index (χ1n) is 9.66. The molecule has 7 nitrogen and oxygen atoms in total. The van der Waals surface area contributed by atoms with Gasteiger partial charge in [-0.25, -0.2) is 0 Å². The van der Waals surface area contributed by atoms with Crippen molar-refractivity contribution in [3.63, 3.8) is 0 Å². The molecule has 0 aromatic carbocycles. The molecule has 0 radical (unpaired) electrons. The van der Waals surface area contributed by atoms with Crippen molar-refractivity contribution in [2.75, 3.05) is 32.7 Å². The van der Waals surface area contributed by atoms with Gasteiger partial charge in [-0.2, -0.15) is 4.98 Å². The normalized spacial score (nSPS) is 23.1. The van der Waals surface area contributed by atoms with E-state index in [1.54, 1.807) is 6.92 Å². The SMILES string of the molecule is CCc1nc(CN2CCCC(NCC3CCN(C(C)=O)CC3)C2)no1. The number of amides is 1. The molecule has 140 valence electrons. The number of nitrogens with zero attached hydrogens (tertiary/aromatic N) is 4. The summed E-state index contributed by atoms with van der Waals surface area (Å²) in [6.07, 6.45) is 5.46. The molecule has 1 N–H and O–H groups in total. The number of hydrogen-bond donors (Lipinski definition) is 1. The molecule has 2 aliphatic heterocycles. The van der Waals surface area contributed by atoms with Crippen LogP contribution in [-0.2, 0) is 17.8 Å². The molecular weight excluding hydrogens is 318 g/mol. The quantitative estimate of drug-likeness (QED) is 0.838. The van der Waals surface area contributed by atoms with Gasteiger partial charge in [0.2, 0.25) is 11.8 Å². The summed E-state index contributed by atoms with van der Waals surface area (Å²) >= 11 is 0. The molecule has 3 heterocycles. The molecule has 2 aliphatic rings. The third-order valence-corrected chi connectivity index (χ3v) is 5.44. The minimum absolute atomic E-state index is 0.210. The molecule has 3 rings (SSSR count). The predicted octanol–water partition coefficient (Wildman–Crippen LogP) is 1.44. The maximum absolute atomic E-state index is 11.4. The highest BCUT2D eigenvalue weighted by molar-refractivity contribution is 5.73. The van der Waals surface area contributed by atoms with Gasteiger partial charge in [0, 0.05) is 39.0 Å². The summed E-state index contributed by atoms with van der Waals surface area (Å²) in [4.78, 5) is 20.2. The fraction of sp³-hybridized carbons (Fsp3) is 0.833. The maximum Gasteiger partial charge on any atom is 0.226 e. The summed E-state index contributed by atoms with van der Waals surface area (Å²) in [6.45, 7) is 9.51. The number of carbonyl (C=O) groups is 1. The Morgan fingerprint density at radius 2 is 2.08 bits per heavy atom. The van der Waals surface area contributed by atoms with E-state index < -0.39 is 0 Å². The lowest BCUT2D eigenvalue weighted by Crippen LogP contribution is -2.48. The van der Waals surface area contributed by atoms with Crippen molar-refractivity contribution in [1.29, 1.82) is 0 Å². The Morgan fingerprint density at radius 1 is 1.28 bits per heavy atom. The van der Waals surface area contributed by atoms with Crippen molar-refractivity contribution in [2.45, 2.75) is 58.5 Å². The Morgan fingerprint density at radius 3 is 2.76 bits per heavy atom. The summed E-state index contributed by atoms with van der Waals surface area (Å²) in [7, 11) is 0. The van der Waals surface area contributed by atoms with Crippen LogP contribution in [0.4, 0.5) is 0 Å². The van der Waals surface area contributed by atoms with Gasteiger partial charge in [0.25, 0.3) is 0 Å². The average Bonchev–Trinajstić information content (AvgIpc) is 3.08. The smallest absolute Gasteiger partial charge is 0.226 e. The van der Waals surface area contributed by atoms with E-state index in [0.29, 0.717) is 12.0 Å². The fourth-order valence-corrected chi connectivity index (χ4v) is 3.85. The summed E-state index contributed by atoms with van der Waals surface area (Å²) in [5.74, 6) is 2.42. The summed E-state index contributed by atoms with van der Waals surface area (Å²) in [5.41, 5.74) is 0. The van der Waals surface area contributed by atoms with Crippen LogP contribution in [0.15, 0.2) is 4.52 Å². The molecule has 0 bridgehead atoms. The predicted molar refractivity (Wildman–Crippen MR) is 95.0 cm³/mol. The van der Waals surface area contributed by atoms with E-state index in [2.05, 4.69) is 20.4 Å². The molecule has 1 atom stereocenters. The largest absolute Gasteiger partial charge is 0.343 e. The van der Waals surface area contributed by atoms with Gasteiger partial charge in [-0.3, -0.25) is 9.69 Å². The minimum Gasteiger partial charge on any atom is -0.343 e. The number of carbonyl (C=O) groups excluding carboxylic acids is 1. The Kier molecular flexibility index (Phi) is 6.42. The Hall–Kier alpha value is -1.47. The maximum atomic E-state index is 11.4. The third kappa shape index (κ3) is 5.25. The van der Waals surface area contributed by atoms with E-state index in [0.717, 1.165) is 70.2 Å². The van der Waals surface area contributed by atoms with Gasteiger partial charge in [-0.15, -0.1) is 0 Å². The Bertz CT molecular complexity index is 553. The average molecular weight is 349 g/mol. The van der Waals surface area contributed by atoms with Crippen molar-refractivity contribution in [3.05, 3.63) is 11.7 Å². The first-order valence-corrected chi connectivity index (χ1v) is 9.66. The third-order valence-electron chi connectivity index (χ3n) is 5.44. The van der Waals surface area contributed by atoms with Crippen LogP contribution in [0.3, 0.4) is 0 Å². The van der Waals surface area contributed by atoms with Crippen LogP contribution in [0.5, 0.6) is 0 Å². The second-order valence-electron chi connectivity index (χ2n) is 7.39. The van der Waals surface area contributed by atoms with Gasteiger partial charge < -0.3 is 14.7 Å². The molecule has 1 aromatic heterocycles. The molecule has 0 saturated carbocycles. The van der Waals surface area contributed by atoms with Crippen molar-refractivity contribution in [3.8, 4) is 0 Å². The Balaban J connectivity index is 1.39. The van der Waals surface area contributed by atoms with Crippen molar-refractivity contribution >= 4 is 5.91 Å². The summed E-state index contributed by atoms with van der Waals surface area (Å²) < 4.78 is 5.20. The van der Waals surface area contributed by atoms with Gasteiger partial charge >= 0.3 is 0 Å². The van der Waals surface area contributed by atoms with Gasteiger partial charge in [-0.05, 0) is 44.7 Å². The molecule has 2 fully saturated rings. The van der Waals surface area contributed by atoms with Gasteiger partial charge in [0.05, 0.1) is 6.54 Å². The molecule has 7 heteroatoms. The Labute approximate surface area is 150 Å². The number of aryl methyl sites for hydroxylation is 1. The van der Waals surface area contributed by atoms with Crippen molar-refractivity contribution in [2.24, 2.45) is 5.92 Å². The van der Waals surface area contributed by atoms with Crippen LogP contribution in [0.1, 0.15) is 51.2 Å². The lowest BCUT2D eigenvalue weighted by molar-refractivity contribution is -0.130. The summed E-state index contributed by atoms with van der Waals surface area (Å²) in [6, 6.07) is 0.539. The zero-order chi connectivity index (χ0) is 17.6. The van der Waals surface area contributed by atoms with E-state index in [1.807, 2.05) is 11.8 Å². The second kappa shape index (κ2) is 8.76. The number of rotatable bonds is 6. The van der Waals surface area contributed by atoms with E-state index in [4.69, 9.17) is 4.52 Å². The molecule has 1 unspecified atom stereocenters. The van der Waals surface area contributed by atoms with E-state index >= 15 is 0 Å². The lowest BCUT2D eigenvalue weighted by atomic mass is 9.95. The van der Waals surface area contributed by atoms with Crippen LogP contribution < -0.4 is 5.32 Å². The van der Waals surface area contributed by atoms with Crippen molar-refractivity contribution in [1.82, 2.24) is 25.3 Å². The number of nitrogens with one attached hydrogen (secondary N) is 1. The number of hydrogen-bond acceptors (Lipinski definition) is 6. The number of aromatic nitrogens is 2. The highest BCUT2D eigenvalue weighted by atomic mass is 16.5. The van der Waals surface area contributed by atoms with Crippen molar-refractivity contribution < 1.29 is 9.32 Å². The number of piperidine rings is 2. The van der Waals surface area contributed by atoms with Crippen LogP contribution in [-0.4, -0.2) is 64.6 Å². The van der Waals surface area contributed by atoms with E-state index in [1.165, 1.54) is 12.8 Å². The number of likely N-dealkylation sites (tertiary alicyclic amines) is 2. The molecule has 0 aliphatic carbocycles. The molecule has 1 amide bonds. The topological polar surface area (TPSA) is 74.5 Å². The van der Waals surface area contributed by atoms with E-state index in [-0.39, 0.29) is 5.91 Å². The molecular formula is C18H31N5O2. The zero-order valence-corrected chi connectivity index (χ0v) is 15.5. The fourth-order valence-electron chi connectivity index (χ4n) is 3.85. The molecule has 0 spiro atoms. The van der Waals surface area contributed by atoms with Crippen LogP contribution in [0, 0.1) is 5.92 Å². The van der Waals surface area contributed by atoms with Crippen LogP contribution in [0.2, 0.25) is 0 Å². The first kappa shape index (κ1) is 18.3. The molecule has 1 aromatic rings. The first-order chi connectivity index (χ1) is 12.1. The highest BCUT2D eigenvalue weighted by Gasteiger charge is 2.24. The second-order valence-corrected chi connectivity index (χ2v) is 7.39. The van der Waals surface area contributed by atoms with Gasteiger partial charge in [0.1, 0.15) is 0 Å². The zero-order valence-electron chi connectivity index (χ0n) is 15.5. The minimum atomic E-state index is 0.210. The molecule has 25 heavy (non-hydrogen) atoms. The van der Waals surface area contributed by atoms with E-state index in [9.17, 15) is 4.79 Å². The summed E-state index contributed by atoms with van der Waals surface area (Å²) in [5, 5.41) is 7.82. The van der Waals surface area contributed by atoms with Gasteiger partial charge in [0.15, 0.2) is 5.82 Å². The van der Waals surface area contributed by atoms with Crippen LogP contribution in [0.25, 0.3) is 0 Å². The monoisotopic (exact) mass is 349 g/mol. The highest BCUT2D eigenvalue weighted by Crippen LogP contribution is 2.18. The lowest BCUT2D eigenvalue weighted by Gasteiger charge is -2.35. The standard InChI is InChI=1S/C18H31N5O2/c1-3-18-20-17(21-25-18)13-22-8-4-5-16(12-22)19-11-15-6-9-23(10-7-15)14(2)24/h15-16,19H,3-13H2,1-2H3. The van der Waals surface area contributed by atoms with Gasteiger partial charge in [-0.1, -0.05) is 12.1 Å².